The van der Waals surface area contributed by atoms with Gasteiger partial charge in [0.25, 0.3) is 5.91 Å². The molecule has 0 spiro atoms. The van der Waals surface area contributed by atoms with Gasteiger partial charge in [0.2, 0.25) is 11.8 Å². The van der Waals surface area contributed by atoms with Gasteiger partial charge in [-0.1, -0.05) is 42.5 Å². The first kappa shape index (κ1) is 22.8. The molecule has 0 radical (unpaired) electrons. The number of fused-ring (bicyclic) bond motifs is 1. The highest BCUT2D eigenvalue weighted by atomic mass is 16.5. The summed E-state index contributed by atoms with van der Waals surface area (Å²) < 4.78 is 5.62. The third kappa shape index (κ3) is 6.31. The van der Waals surface area contributed by atoms with E-state index in [9.17, 15) is 24.3 Å². The van der Waals surface area contributed by atoms with E-state index in [1.54, 1.807) is 18.2 Å². The van der Waals surface area contributed by atoms with Crippen LogP contribution in [0, 0.1) is 0 Å². The summed E-state index contributed by atoms with van der Waals surface area (Å²) in [6, 6.07) is 14.4. The molecule has 0 unspecified atom stereocenters. The standard InChI is InChI=1S/C23H25N3O6/c27-20-15-26(14-16-6-2-1-3-7-16)21(28)11-10-18(23(30)31)25-22(29)17-8-4-5-9-19(17)32-13-12-24-20/h1-9,18H,10-15H2,(H,24,27)(H,25,29)(H,30,31)/t18-/m0/s1. The monoisotopic (exact) mass is 439 g/mol. The maximum absolute atomic E-state index is 12.9. The topological polar surface area (TPSA) is 125 Å². The van der Waals surface area contributed by atoms with E-state index >= 15 is 0 Å². The highest BCUT2D eigenvalue weighted by Gasteiger charge is 2.25. The minimum Gasteiger partial charge on any atom is -0.491 e. The van der Waals surface area contributed by atoms with E-state index in [-0.39, 0.29) is 62.2 Å². The van der Waals surface area contributed by atoms with Crippen LogP contribution >= 0.6 is 0 Å². The summed E-state index contributed by atoms with van der Waals surface area (Å²) in [5, 5.41) is 14.7. The van der Waals surface area contributed by atoms with Crippen molar-refractivity contribution in [2.75, 3.05) is 19.7 Å². The zero-order chi connectivity index (χ0) is 22.9. The molecule has 9 nitrogen and oxygen atoms in total. The summed E-state index contributed by atoms with van der Waals surface area (Å²) in [5.74, 6) is -2.32. The molecule has 3 N–H and O–H groups in total. The van der Waals surface area contributed by atoms with Gasteiger partial charge in [-0.2, -0.15) is 0 Å². The van der Waals surface area contributed by atoms with Gasteiger partial charge in [-0.05, 0) is 24.1 Å². The van der Waals surface area contributed by atoms with E-state index in [2.05, 4.69) is 10.6 Å². The fourth-order valence-electron chi connectivity index (χ4n) is 3.32. The van der Waals surface area contributed by atoms with Crippen molar-refractivity contribution in [1.82, 2.24) is 15.5 Å². The summed E-state index contributed by atoms with van der Waals surface area (Å²) in [4.78, 5) is 51.0. The molecule has 0 bridgehead atoms. The zero-order valence-electron chi connectivity index (χ0n) is 17.5. The van der Waals surface area contributed by atoms with Crippen molar-refractivity contribution in [1.29, 1.82) is 0 Å². The minimum absolute atomic E-state index is 0.102. The van der Waals surface area contributed by atoms with E-state index < -0.39 is 17.9 Å². The number of carboxylic acids is 1. The van der Waals surface area contributed by atoms with Crippen molar-refractivity contribution in [3.63, 3.8) is 0 Å². The summed E-state index contributed by atoms with van der Waals surface area (Å²) in [5.41, 5.74) is 1.02. The van der Waals surface area contributed by atoms with E-state index in [0.29, 0.717) is 0 Å². The fourth-order valence-corrected chi connectivity index (χ4v) is 3.32. The molecule has 2 aromatic rings. The Morgan fingerprint density at radius 2 is 1.78 bits per heavy atom. The number of carboxylic acid groups (broad SMARTS) is 1. The molecule has 0 aromatic heterocycles. The second-order valence-corrected chi connectivity index (χ2v) is 7.33. The molecular weight excluding hydrogens is 414 g/mol. The maximum atomic E-state index is 12.9. The molecule has 3 amide bonds. The van der Waals surface area contributed by atoms with Crippen molar-refractivity contribution in [3.05, 3.63) is 65.7 Å². The van der Waals surface area contributed by atoms with Crippen LogP contribution in [0.5, 0.6) is 5.75 Å². The second kappa shape index (κ2) is 10.9. The van der Waals surface area contributed by atoms with Crippen molar-refractivity contribution < 1.29 is 29.0 Å². The van der Waals surface area contributed by atoms with E-state index in [1.165, 1.54) is 11.0 Å². The number of rotatable bonds is 3. The number of nitrogens with zero attached hydrogens (tertiary/aromatic N) is 1. The smallest absolute Gasteiger partial charge is 0.326 e. The lowest BCUT2D eigenvalue weighted by atomic mass is 10.1. The molecule has 1 atom stereocenters. The Morgan fingerprint density at radius 3 is 2.53 bits per heavy atom. The van der Waals surface area contributed by atoms with E-state index in [4.69, 9.17) is 4.74 Å². The lowest BCUT2D eigenvalue weighted by Crippen LogP contribution is -2.43. The highest BCUT2D eigenvalue weighted by Crippen LogP contribution is 2.18. The molecule has 168 valence electrons. The minimum atomic E-state index is -1.27. The first-order valence-corrected chi connectivity index (χ1v) is 10.3. The van der Waals surface area contributed by atoms with E-state index in [1.807, 2.05) is 30.3 Å². The Bertz CT molecular complexity index is 979. The van der Waals surface area contributed by atoms with Gasteiger partial charge in [0.15, 0.2) is 0 Å². The average Bonchev–Trinajstić information content (AvgIpc) is 2.79. The Morgan fingerprint density at radius 1 is 1.06 bits per heavy atom. The number of aliphatic carboxylic acids is 1. The van der Waals surface area contributed by atoms with Crippen molar-refractivity contribution >= 4 is 23.7 Å². The predicted octanol–water partition coefficient (Wildman–Crippen LogP) is 1.19. The number of hydrogen-bond acceptors (Lipinski definition) is 5. The molecule has 3 rings (SSSR count). The lowest BCUT2D eigenvalue weighted by molar-refractivity contribution is -0.140. The Hall–Kier alpha value is -3.88. The zero-order valence-corrected chi connectivity index (χ0v) is 17.5. The number of amides is 3. The molecule has 1 aliphatic heterocycles. The molecule has 0 saturated heterocycles. The van der Waals surface area contributed by atoms with Crippen LogP contribution in [-0.2, 0) is 20.9 Å². The van der Waals surface area contributed by atoms with Gasteiger partial charge < -0.3 is 25.4 Å². The van der Waals surface area contributed by atoms with E-state index in [0.717, 1.165) is 5.56 Å². The van der Waals surface area contributed by atoms with Crippen molar-refractivity contribution in [2.24, 2.45) is 0 Å². The number of carbonyl (C=O) groups excluding carboxylic acids is 3. The summed E-state index contributed by atoms with van der Waals surface area (Å²) in [6.45, 7) is 0.318. The van der Waals surface area contributed by atoms with Crippen LogP contribution in [0.1, 0.15) is 28.8 Å². The molecule has 0 fully saturated rings. The van der Waals surface area contributed by atoms with Gasteiger partial charge >= 0.3 is 5.97 Å². The quantitative estimate of drug-likeness (QED) is 0.660. The predicted molar refractivity (Wildman–Crippen MR) is 115 cm³/mol. The number of para-hydroxylation sites is 1. The van der Waals surface area contributed by atoms with Gasteiger partial charge in [-0.15, -0.1) is 0 Å². The third-order valence-electron chi connectivity index (χ3n) is 4.97. The Labute approximate surface area is 185 Å². The lowest BCUT2D eigenvalue weighted by Gasteiger charge is -2.23. The van der Waals surface area contributed by atoms with Gasteiger partial charge in [-0.25, -0.2) is 4.79 Å². The fraction of sp³-hybridized carbons (Fsp3) is 0.304. The normalized spacial score (nSPS) is 18.3. The molecule has 2 aromatic carbocycles. The summed E-state index contributed by atoms with van der Waals surface area (Å²) in [7, 11) is 0. The van der Waals surface area contributed by atoms with Crippen LogP contribution in [0.15, 0.2) is 54.6 Å². The van der Waals surface area contributed by atoms with Crippen LogP contribution in [0.25, 0.3) is 0 Å². The molecule has 32 heavy (non-hydrogen) atoms. The van der Waals surface area contributed by atoms with Crippen LogP contribution in [-0.4, -0.2) is 59.4 Å². The SMILES string of the molecule is O=C1CN(Cc2ccccc2)C(=O)CC[C@@H](C(=O)O)NC(=O)c2ccccc2OCCN1. The largest absolute Gasteiger partial charge is 0.491 e. The Balaban J connectivity index is 1.81. The van der Waals surface area contributed by atoms with Gasteiger partial charge in [0, 0.05) is 13.0 Å². The van der Waals surface area contributed by atoms with Gasteiger partial charge in [0.1, 0.15) is 18.4 Å². The number of carbonyl (C=O) groups is 4. The molecule has 9 heteroatoms. The number of hydrogen-bond donors (Lipinski definition) is 3. The van der Waals surface area contributed by atoms with Crippen LogP contribution in [0.2, 0.25) is 0 Å². The van der Waals surface area contributed by atoms with Gasteiger partial charge in [0.05, 0.1) is 18.7 Å². The van der Waals surface area contributed by atoms with Crippen LogP contribution in [0.4, 0.5) is 0 Å². The first-order chi connectivity index (χ1) is 15.4. The second-order valence-electron chi connectivity index (χ2n) is 7.33. The Kier molecular flexibility index (Phi) is 7.80. The molecule has 0 aliphatic carbocycles. The van der Waals surface area contributed by atoms with Crippen LogP contribution in [0.3, 0.4) is 0 Å². The third-order valence-corrected chi connectivity index (χ3v) is 4.97. The number of ether oxygens (including phenoxy) is 1. The molecule has 1 aliphatic rings. The van der Waals surface area contributed by atoms with Gasteiger partial charge in [-0.3, -0.25) is 14.4 Å². The summed E-state index contributed by atoms with van der Waals surface area (Å²) >= 11 is 0. The highest BCUT2D eigenvalue weighted by molar-refractivity contribution is 5.99. The average molecular weight is 439 g/mol. The maximum Gasteiger partial charge on any atom is 0.326 e. The molecular formula is C23H25N3O6. The van der Waals surface area contributed by atoms with Crippen LogP contribution < -0.4 is 15.4 Å². The van der Waals surface area contributed by atoms with Crippen molar-refractivity contribution in [3.8, 4) is 5.75 Å². The van der Waals surface area contributed by atoms with Crippen molar-refractivity contribution in [2.45, 2.75) is 25.4 Å². The molecule has 0 saturated carbocycles. The molecule has 1 heterocycles. The first-order valence-electron chi connectivity index (χ1n) is 10.3. The summed E-state index contributed by atoms with van der Waals surface area (Å²) in [6.07, 6.45) is -0.259. The number of benzene rings is 2. The number of nitrogens with one attached hydrogen (secondary N) is 2.